The number of nitrogens with one attached hydrogen (secondary N) is 1. The summed E-state index contributed by atoms with van der Waals surface area (Å²) >= 11 is 0. The Morgan fingerprint density at radius 3 is 3.06 bits per heavy atom. The first-order chi connectivity index (χ1) is 8.18. The van der Waals surface area contributed by atoms with E-state index in [9.17, 15) is 4.79 Å². The molecule has 0 fully saturated rings. The van der Waals surface area contributed by atoms with E-state index in [2.05, 4.69) is 29.6 Å². The van der Waals surface area contributed by atoms with E-state index in [1.54, 1.807) is 0 Å². The molecule has 2 atom stereocenters. The molecular weight excluding hydrogens is 212 g/mol. The zero-order valence-electron chi connectivity index (χ0n) is 10.3. The highest BCUT2D eigenvalue weighted by atomic mass is 16.1. The summed E-state index contributed by atoms with van der Waals surface area (Å²) in [6.45, 7) is 2.53. The number of primary amides is 1. The molecule has 2 unspecified atom stereocenters. The molecule has 1 aliphatic carbocycles. The first-order valence-electron chi connectivity index (χ1n) is 6.29. The van der Waals surface area contributed by atoms with E-state index >= 15 is 0 Å². The summed E-state index contributed by atoms with van der Waals surface area (Å²) in [5.74, 6) is -0.342. The van der Waals surface area contributed by atoms with Crippen molar-refractivity contribution in [3.8, 4) is 0 Å². The summed E-state index contributed by atoms with van der Waals surface area (Å²) in [5.41, 5.74) is 8.09. The van der Waals surface area contributed by atoms with Gasteiger partial charge in [-0.3, -0.25) is 4.79 Å². The summed E-state index contributed by atoms with van der Waals surface area (Å²) in [7, 11) is 0. The molecule has 1 aromatic rings. The van der Waals surface area contributed by atoms with E-state index in [1.165, 1.54) is 24.0 Å². The Kier molecular flexibility index (Phi) is 3.79. The maximum atomic E-state index is 11.0. The lowest BCUT2D eigenvalue weighted by atomic mass is 9.87. The predicted octanol–water partition coefficient (Wildman–Crippen LogP) is 1.77. The monoisotopic (exact) mass is 232 g/mol. The van der Waals surface area contributed by atoms with E-state index < -0.39 is 0 Å². The lowest BCUT2D eigenvalue weighted by molar-refractivity contribution is -0.121. The SMILES string of the molecule is CC(CNC1CCCc2ccccc21)C(N)=O. The Balaban J connectivity index is 2.01. The molecule has 1 aromatic carbocycles. The van der Waals surface area contributed by atoms with E-state index in [0.717, 1.165) is 6.42 Å². The van der Waals surface area contributed by atoms with E-state index in [-0.39, 0.29) is 11.8 Å². The van der Waals surface area contributed by atoms with Crippen LogP contribution in [0.2, 0.25) is 0 Å². The van der Waals surface area contributed by atoms with Gasteiger partial charge in [0.2, 0.25) is 5.91 Å². The van der Waals surface area contributed by atoms with Crippen molar-refractivity contribution in [2.75, 3.05) is 6.54 Å². The van der Waals surface area contributed by atoms with Crippen LogP contribution in [0, 0.1) is 5.92 Å². The van der Waals surface area contributed by atoms with E-state index in [4.69, 9.17) is 5.73 Å². The van der Waals surface area contributed by atoms with Crippen LogP contribution in [0.3, 0.4) is 0 Å². The summed E-state index contributed by atoms with van der Waals surface area (Å²) in [5, 5.41) is 3.46. The van der Waals surface area contributed by atoms with Crippen molar-refractivity contribution < 1.29 is 4.79 Å². The summed E-state index contributed by atoms with van der Waals surface area (Å²) in [6, 6.07) is 8.92. The molecule has 1 aliphatic rings. The van der Waals surface area contributed by atoms with Crippen molar-refractivity contribution in [3.05, 3.63) is 35.4 Å². The van der Waals surface area contributed by atoms with Crippen molar-refractivity contribution in [2.24, 2.45) is 11.7 Å². The third-order valence-corrected chi connectivity index (χ3v) is 3.53. The first-order valence-corrected chi connectivity index (χ1v) is 6.29. The van der Waals surface area contributed by atoms with Gasteiger partial charge in [0.05, 0.1) is 0 Å². The van der Waals surface area contributed by atoms with Gasteiger partial charge in [-0.25, -0.2) is 0 Å². The van der Waals surface area contributed by atoms with Crippen LogP contribution in [0.25, 0.3) is 0 Å². The molecule has 1 amide bonds. The maximum Gasteiger partial charge on any atom is 0.221 e. The molecule has 3 heteroatoms. The predicted molar refractivity (Wildman–Crippen MR) is 68.5 cm³/mol. The third-order valence-electron chi connectivity index (χ3n) is 3.53. The van der Waals surface area contributed by atoms with Crippen LogP contribution < -0.4 is 11.1 Å². The van der Waals surface area contributed by atoms with Gasteiger partial charge in [0.15, 0.2) is 0 Å². The number of benzene rings is 1. The topological polar surface area (TPSA) is 55.1 Å². The molecule has 0 heterocycles. The van der Waals surface area contributed by atoms with Crippen LogP contribution >= 0.6 is 0 Å². The van der Waals surface area contributed by atoms with Gasteiger partial charge >= 0.3 is 0 Å². The molecule has 0 aromatic heterocycles. The second kappa shape index (κ2) is 5.32. The molecule has 0 bridgehead atoms. The van der Waals surface area contributed by atoms with Gasteiger partial charge in [0, 0.05) is 18.5 Å². The molecule has 0 spiro atoms. The van der Waals surface area contributed by atoms with Crippen molar-refractivity contribution in [1.29, 1.82) is 0 Å². The number of aryl methyl sites for hydroxylation is 1. The fourth-order valence-corrected chi connectivity index (χ4v) is 2.39. The molecule has 17 heavy (non-hydrogen) atoms. The number of nitrogens with two attached hydrogens (primary N) is 1. The van der Waals surface area contributed by atoms with Crippen LogP contribution in [-0.2, 0) is 11.2 Å². The number of rotatable bonds is 4. The molecule has 92 valence electrons. The lowest BCUT2D eigenvalue weighted by Gasteiger charge is -2.27. The highest BCUT2D eigenvalue weighted by Crippen LogP contribution is 2.29. The van der Waals surface area contributed by atoms with Crippen molar-refractivity contribution >= 4 is 5.91 Å². The Labute approximate surface area is 102 Å². The van der Waals surface area contributed by atoms with Crippen LogP contribution in [0.15, 0.2) is 24.3 Å². The zero-order valence-corrected chi connectivity index (χ0v) is 10.3. The Morgan fingerprint density at radius 2 is 2.29 bits per heavy atom. The molecule has 0 saturated heterocycles. The second-order valence-corrected chi connectivity index (χ2v) is 4.86. The van der Waals surface area contributed by atoms with Crippen LogP contribution in [0.1, 0.15) is 36.9 Å². The maximum absolute atomic E-state index is 11.0. The lowest BCUT2D eigenvalue weighted by Crippen LogP contribution is -2.34. The second-order valence-electron chi connectivity index (χ2n) is 4.86. The normalized spacial score (nSPS) is 20.6. The van der Waals surface area contributed by atoms with Crippen molar-refractivity contribution in [1.82, 2.24) is 5.32 Å². The van der Waals surface area contributed by atoms with Crippen molar-refractivity contribution in [3.63, 3.8) is 0 Å². The van der Waals surface area contributed by atoms with Gasteiger partial charge in [-0.2, -0.15) is 0 Å². The van der Waals surface area contributed by atoms with Gasteiger partial charge < -0.3 is 11.1 Å². The number of amides is 1. The fourth-order valence-electron chi connectivity index (χ4n) is 2.39. The smallest absolute Gasteiger partial charge is 0.221 e. The molecule has 3 nitrogen and oxygen atoms in total. The summed E-state index contributed by atoms with van der Waals surface area (Å²) in [6.07, 6.45) is 3.52. The largest absolute Gasteiger partial charge is 0.369 e. The number of hydrogen-bond donors (Lipinski definition) is 2. The minimum Gasteiger partial charge on any atom is -0.369 e. The fraction of sp³-hybridized carbons (Fsp3) is 0.500. The number of carbonyl (C=O) groups excluding carboxylic acids is 1. The van der Waals surface area contributed by atoms with Gasteiger partial charge in [-0.15, -0.1) is 0 Å². The number of hydrogen-bond acceptors (Lipinski definition) is 2. The molecule has 2 rings (SSSR count). The van der Waals surface area contributed by atoms with E-state index in [0.29, 0.717) is 12.6 Å². The van der Waals surface area contributed by atoms with Crippen LogP contribution in [0.5, 0.6) is 0 Å². The number of carbonyl (C=O) groups is 1. The van der Waals surface area contributed by atoms with Gasteiger partial charge in [0.1, 0.15) is 0 Å². The minimum absolute atomic E-state index is 0.107. The van der Waals surface area contributed by atoms with Crippen molar-refractivity contribution in [2.45, 2.75) is 32.2 Å². The Bertz CT molecular complexity index is 403. The zero-order chi connectivity index (χ0) is 12.3. The van der Waals surface area contributed by atoms with E-state index in [1.807, 2.05) is 6.92 Å². The summed E-state index contributed by atoms with van der Waals surface area (Å²) in [4.78, 5) is 11.0. The highest BCUT2D eigenvalue weighted by Gasteiger charge is 2.20. The molecule has 3 N–H and O–H groups in total. The average molecular weight is 232 g/mol. The highest BCUT2D eigenvalue weighted by molar-refractivity contribution is 5.76. The van der Waals surface area contributed by atoms with Gasteiger partial charge in [-0.1, -0.05) is 31.2 Å². The van der Waals surface area contributed by atoms with Gasteiger partial charge in [-0.05, 0) is 30.4 Å². The number of fused-ring (bicyclic) bond motifs is 1. The molecular formula is C14H20N2O. The Hall–Kier alpha value is -1.35. The third kappa shape index (κ3) is 2.86. The molecule has 0 saturated carbocycles. The van der Waals surface area contributed by atoms with Gasteiger partial charge in [0.25, 0.3) is 0 Å². The quantitative estimate of drug-likeness (QED) is 0.831. The Morgan fingerprint density at radius 1 is 1.53 bits per heavy atom. The minimum atomic E-state index is -0.235. The first kappa shape index (κ1) is 12.1. The van der Waals surface area contributed by atoms with Crippen LogP contribution in [-0.4, -0.2) is 12.5 Å². The standard InChI is InChI=1S/C14H20N2O/c1-10(14(15)17)9-16-13-8-4-6-11-5-2-3-7-12(11)13/h2-3,5,7,10,13,16H,4,6,8-9H2,1H3,(H2,15,17). The molecule has 0 aliphatic heterocycles. The average Bonchev–Trinajstić information content (AvgIpc) is 2.35. The molecule has 0 radical (unpaired) electrons. The summed E-state index contributed by atoms with van der Waals surface area (Å²) < 4.78 is 0. The van der Waals surface area contributed by atoms with Crippen LogP contribution in [0.4, 0.5) is 0 Å².